The number of methoxy groups -OCH3 is 1. The lowest BCUT2D eigenvalue weighted by Gasteiger charge is -2.20. The first-order valence-corrected chi connectivity index (χ1v) is 8.80. The fraction of sp³-hybridized carbons (Fsp3) is 0.647. The van der Waals surface area contributed by atoms with Crippen LogP contribution in [0.25, 0.3) is 0 Å². The molecule has 3 rings (SSSR count). The molecule has 1 saturated heterocycles. The topological polar surface area (TPSA) is 24.5 Å². The quantitative estimate of drug-likeness (QED) is 0.793. The largest absolute Gasteiger partial charge is 0.383 e. The molecule has 1 saturated carbocycles. The zero-order valence-corrected chi connectivity index (χ0v) is 14.4. The molecule has 2 fully saturated rings. The summed E-state index contributed by atoms with van der Waals surface area (Å²) in [5.41, 5.74) is 2.69. The van der Waals surface area contributed by atoms with Gasteiger partial charge in [-0.1, -0.05) is 28.4 Å². The number of anilines is 1. The van der Waals surface area contributed by atoms with Gasteiger partial charge in [0.15, 0.2) is 0 Å². The Balaban J connectivity index is 1.59. The zero-order chi connectivity index (χ0) is 14.7. The van der Waals surface area contributed by atoms with Gasteiger partial charge in [0.25, 0.3) is 0 Å². The molecule has 1 heterocycles. The molecule has 1 aliphatic carbocycles. The molecule has 1 aromatic carbocycles. The van der Waals surface area contributed by atoms with E-state index in [9.17, 15) is 0 Å². The van der Waals surface area contributed by atoms with Crippen molar-refractivity contribution >= 4 is 21.6 Å². The van der Waals surface area contributed by atoms with E-state index in [1.807, 2.05) is 0 Å². The predicted octanol–water partition coefficient (Wildman–Crippen LogP) is 3.42. The smallest absolute Gasteiger partial charge is 0.0587 e. The number of benzene rings is 1. The van der Waals surface area contributed by atoms with Crippen molar-refractivity contribution < 1.29 is 4.74 Å². The van der Waals surface area contributed by atoms with Crippen LogP contribution in [0, 0.1) is 11.8 Å². The summed E-state index contributed by atoms with van der Waals surface area (Å²) in [5, 5.41) is 3.40. The van der Waals surface area contributed by atoms with Crippen LogP contribution in [0.3, 0.4) is 0 Å². The molecule has 2 aliphatic rings. The molecule has 21 heavy (non-hydrogen) atoms. The molecule has 0 bridgehead atoms. The third-order valence-electron chi connectivity index (χ3n) is 4.93. The average molecular weight is 353 g/mol. The van der Waals surface area contributed by atoms with Gasteiger partial charge in [-0.3, -0.25) is 0 Å². The van der Waals surface area contributed by atoms with E-state index < -0.39 is 0 Å². The zero-order valence-electron chi connectivity index (χ0n) is 12.8. The Kier molecular flexibility index (Phi) is 5.19. The Hall–Kier alpha value is -0.580. The van der Waals surface area contributed by atoms with Gasteiger partial charge in [0, 0.05) is 43.4 Å². The summed E-state index contributed by atoms with van der Waals surface area (Å²) in [6.45, 7) is 5.03. The third kappa shape index (κ3) is 3.61. The van der Waals surface area contributed by atoms with Gasteiger partial charge in [0.05, 0.1) is 6.61 Å². The number of ether oxygens (including phenoxy) is 1. The first-order valence-electron chi connectivity index (χ1n) is 8.01. The minimum Gasteiger partial charge on any atom is -0.383 e. The molecular formula is C17H25BrN2O. The lowest BCUT2D eigenvalue weighted by atomic mass is 10.0. The standard InChI is InChI=1S/C17H25BrN2O/c1-21-8-7-19-10-13-5-6-16(9-17(13)18)20-11-14-3-2-4-15(14)12-20/h5-6,9,14-15,19H,2-4,7-8,10-12H2,1H3. The first kappa shape index (κ1) is 15.3. The van der Waals surface area contributed by atoms with Crippen LogP contribution in [0.4, 0.5) is 5.69 Å². The maximum absolute atomic E-state index is 5.05. The minimum absolute atomic E-state index is 0.756. The molecule has 0 spiro atoms. The van der Waals surface area contributed by atoms with Gasteiger partial charge in [-0.15, -0.1) is 0 Å². The van der Waals surface area contributed by atoms with Crippen molar-refractivity contribution in [2.45, 2.75) is 25.8 Å². The van der Waals surface area contributed by atoms with Crippen molar-refractivity contribution in [1.29, 1.82) is 0 Å². The van der Waals surface area contributed by atoms with Crippen molar-refractivity contribution in [3.05, 3.63) is 28.2 Å². The van der Waals surface area contributed by atoms with Crippen molar-refractivity contribution in [3.63, 3.8) is 0 Å². The van der Waals surface area contributed by atoms with Crippen LogP contribution < -0.4 is 10.2 Å². The number of halogens is 1. The Labute approximate surface area is 136 Å². The van der Waals surface area contributed by atoms with Crippen molar-refractivity contribution in [1.82, 2.24) is 5.32 Å². The second-order valence-corrected chi connectivity index (χ2v) is 7.16. The Bertz CT molecular complexity index is 468. The third-order valence-corrected chi connectivity index (χ3v) is 5.66. The lowest BCUT2D eigenvalue weighted by Crippen LogP contribution is -2.21. The monoisotopic (exact) mass is 352 g/mol. The second-order valence-electron chi connectivity index (χ2n) is 6.30. The van der Waals surface area contributed by atoms with Gasteiger partial charge in [0.2, 0.25) is 0 Å². The van der Waals surface area contributed by atoms with Crippen LogP contribution in [0.2, 0.25) is 0 Å². The van der Waals surface area contributed by atoms with E-state index in [2.05, 4.69) is 44.3 Å². The minimum atomic E-state index is 0.756. The van der Waals surface area contributed by atoms with Gasteiger partial charge in [-0.2, -0.15) is 0 Å². The predicted molar refractivity (Wildman–Crippen MR) is 90.8 cm³/mol. The molecule has 1 aromatic rings. The molecule has 0 aromatic heterocycles. The van der Waals surface area contributed by atoms with E-state index in [1.165, 1.54) is 48.1 Å². The van der Waals surface area contributed by atoms with Crippen LogP contribution in [0.15, 0.2) is 22.7 Å². The summed E-state index contributed by atoms with van der Waals surface area (Å²) in [7, 11) is 1.73. The van der Waals surface area contributed by atoms with Crippen molar-refractivity contribution in [2.24, 2.45) is 11.8 Å². The van der Waals surface area contributed by atoms with Gasteiger partial charge in [-0.25, -0.2) is 0 Å². The molecule has 1 N–H and O–H groups in total. The summed E-state index contributed by atoms with van der Waals surface area (Å²) in [6, 6.07) is 6.81. The summed E-state index contributed by atoms with van der Waals surface area (Å²) >= 11 is 3.73. The second kappa shape index (κ2) is 7.12. The molecule has 0 amide bonds. The van der Waals surface area contributed by atoms with Crippen molar-refractivity contribution in [2.75, 3.05) is 38.3 Å². The average Bonchev–Trinajstić information content (AvgIpc) is 3.06. The van der Waals surface area contributed by atoms with Gasteiger partial charge in [0.1, 0.15) is 0 Å². The summed E-state index contributed by atoms with van der Waals surface area (Å²) in [4.78, 5) is 2.57. The molecule has 3 nitrogen and oxygen atoms in total. The van der Waals surface area contributed by atoms with E-state index in [0.29, 0.717) is 0 Å². The first-order chi connectivity index (χ1) is 10.3. The van der Waals surface area contributed by atoms with E-state index in [1.54, 1.807) is 7.11 Å². The highest BCUT2D eigenvalue weighted by Crippen LogP contribution is 2.40. The summed E-state index contributed by atoms with van der Waals surface area (Å²) < 4.78 is 6.26. The van der Waals surface area contributed by atoms with Crippen LogP contribution in [-0.4, -0.2) is 33.4 Å². The van der Waals surface area contributed by atoms with Crippen LogP contribution in [0.5, 0.6) is 0 Å². The maximum atomic E-state index is 5.05. The summed E-state index contributed by atoms with van der Waals surface area (Å²) in [6.07, 6.45) is 4.31. The highest BCUT2D eigenvalue weighted by atomic mass is 79.9. The number of nitrogens with one attached hydrogen (secondary N) is 1. The number of fused-ring (bicyclic) bond motifs is 1. The molecule has 0 radical (unpaired) electrons. The van der Waals surface area contributed by atoms with Gasteiger partial charge >= 0.3 is 0 Å². The number of hydrogen-bond donors (Lipinski definition) is 1. The fourth-order valence-corrected chi connectivity index (χ4v) is 4.23. The molecule has 1 aliphatic heterocycles. The normalized spacial score (nSPS) is 24.6. The molecule has 2 unspecified atom stereocenters. The van der Waals surface area contributed by atoms with Crippen LogP contribution in [-0.2, 0) is 11.3 Å². The highest BCUT2D eigenvalue weighted by Gasteiger charge is 2.36. The maximum Gasteiger partial charge on any atom is 0.0587 e. The fourth-order valence-electron chi connectivity index (χ4n) is 3.72. The molecule has 2 atom stereocenters. The number of rotatable bonds is 6. The van der Waals surface area contributed by atoms with Gasteiger partial charge < -0.3 is 15.0 Å². The van der Waals surface area contributed by atoms with Gasteiger partial charge in [-0.05, 0) is 42.4 Å². The Morgan fingerprint density at radius 2 is 2.05 bits per heavy atom. The molecule has 116 valence electrons. The van der Waals surface area contributed by atoms with E-state index >= 15 is 0 Å². The highest BCUT2D eigenvalue weighted by molar-refractivity contribution is 9.10. The summed E-state index contributed by atoms with van der Waals surface area (Å²) in [5.74, 6) is 1.89. The Morgan fingerprint density at radius 3 is 2.71 bits per heavy atom. The molecular weight excluding hydrogens is 328 g/mol. The SMILES string of the molecule is COCCNCc1ccc(N2CC3CCCC3C2)cc1Br. The number of hydrogen-bond acceptors (Lipinski definition) is 3. The molecule has 4 heteroatoms. The lowest BCUT2D eigenvalue weighted by molar-refractivity contribution is 0.199. The Morgan fingerprint density at radius 1 is 1.29 bits per heavy atom. The van der Waals surface area contributed by atoms with Crippen molar-refractivity contribution in [3.8, 4) is 0 Å². The van der Waals surface area contributed by atoms with Crippen LogP contribution >= 0.6 is 15.9 Å². The van der Waals surface area contributed by atoms with E-state index in [-0.39, 0.29) is 0 Å². The van der Waals surface area contributed by atoms with E-state index in [0.717, 1.165) is 31.5 Å². The number of nitrogens with zero attached hydrogens (tertiary/aromatic N) is 1. The van der Waals surface area contributed by atoms with E-state index in [4.69, 9.17) is 4.74 Å². The van der Waals surface area contributed by atoms with Crippen LogP contribution in [0.1, 0.15) is 24.8 Å².